The molecular formula is C34H44N4O2S3. The van der Waals surface area contributed by atoms with Crippen LogP contribution in [0.15, 0.2) is 46.3 Å². The first-order valence-corrected chi connectivity index (χ1v) is 18.8. The van der Waals surface area contributed by atoms with Crippen LogP contribution in [0.5, 0.6) is 0 Å². The Kier molecular flexibility index (Phi) is 9.72. The van der Waals surface area contributed by atoms with Crippen LogP contribution in [0.25, 0.3) is 0 Å². The van der Waals surface area contributed by atoms with Gasteiger partial charge in [0.2, 0.25) is 0 Å². The molecule has 230 valence electrons. The monoisotopic (exact) mass is 636 g/mol. The summed E-state index contributed by atoms with van der Waals surface area (Å²) in [6.45, 7) is 4.62. The average Bonchev–Trinajstić information content (AvgIpc) is 3.35. The van der Waals surface area contributed by atoms with E-state index in [-0.39, 0.29) is 17.4 Å². The van der Waals surface area contributed by atoms with Crippen LogP contribution in [-0.2, 0) is 40.8 Å². The Labute approximate surface area is 268 Å². The van der Waals surface area contributed by atoms with Crippen LogP contribution in [0.2, 0.25) is 0 Å². The zero-order chi connectivity index (χ0) is 29.9. The highest BCUT2D eigenvalue weighted by molar-refractivity contribution is 8.13. The first-order valence-electron chi connectivity index (χ1n) is 16.1. The minimum Gasteiger partial charge on any atom is -0.381 e. The standard InChI is InChI=1S/C32H38N4O2S3.C2H6/c1-38-25-8-12-31(13-9-25)21-24-7-6-23(5-4-22-2-3-22)20-26(24)32(31)29(37)36(16-10-27-33-14-18-39-27)30(35-32)41-17-11-28-34-15-19-40-28;1-2/h6-7,14-15,18-20,22,25H,2-5,8-13,16-17,21H2,1H3;1-2H3. The molecule has 1 aromatic carbocycles. The van der Waals surface area contributed by atoms with Gasteiger partial charge in [-0.2, -0.15) is 0 Å². The van der Waals surface area contributed by atoms with E-state index in [1.54, 1.807) is 34.4 Å². The molecule has 0 saturated heterocycles. The van der Waals surface area contributed by atoms with Gasteiger partial charge >= 0.3 is 0 Å². The summed E-state index contributed by atoms with van der Waals surface area (Å²) in [5.74, 6) is 1.93. The Balaban J connectivity index is 0.00000161. The molecule has 0 bridgehead atoms. The normalized spacial score (nSPS) is 26.1. The number of benzene rings is 1. The Bertz CT molecular complexity index is 1390. The topological polar surface area (TPSA) is 67.7 Å². The summed E-state index contributed by atoms with van der Waals surface area (Å²) >= 11 is 5.08. The number of aromatic nitrogens is 2. The van der Waals surface area contributed by atoms with Crippen molar-refractivity contribution < 1.29 is 9.53 Å². The lowest BCUT2D eigenvalue weighted by Crippen LogP contribution is -2.52. The fourth-order valence-electron chi connectivity index (χ4n) is 7.30. The van der Waals surface area contributed by atoms with Gasteiger partial charge in [0, 0.05) is 60.8 Å². The van der Waals surface area contributed by atoms with Crippen LogP contribution in [0, 0.1) is 11.3 Å². The van der Waals surface area contributed by atoms with E-state index in [2.05, 4.69) is 28.2 Å². The summed E-state index contributed by atoms with van der Waals surface area (Å²) in [5, 5.41) is 7.12. The number of amides is 1. The number of methoxy groups -OCH3 is 1. The van der Waals surface area contributed by atoms with E-state index < -0.39 is 5.54 Å². The first kappa shape index (κ1) is 30.9. The van der Waals surface area contributed by atoms with Gasteiger partial charge in [0.1, 0.15) is 0 Å². The van der Waals surface area contributed by atoms with E-state index in [0.717, 1.165) is 78.2 Å². The molecule has 1 aliphatic heterocycles. The molecular weight excluding hydrogens is 593 g/mol. The zero-order valence-corrected chi connectivity index (χ0v) is 28.2. The second kappa shape index (κ2) is 13.5. The van der Waals surface area contributed by atoms with Crippen molar-refractivity contribution in [2.75, 3.05) is 19.4 Å². The lowest BCUT2D eigenvalue weighted by Gasteiger charge is -2.45. The maximum Gasteiger partial charge on any atom is 0.261 e. The van der Waals surface area contributed by atoms with Gasteiger partial charge in [0.05, 0.1) is 16.1 Å². The molecule has 3 heterocycles. The first-order chi connectivity index (χ1) is 21.1. The van der Waals surface area contributed by atoms with Crippen molar-refractivity contribution in [3.63, 3.8) is 0 Å². The van der Waals surface area contributed by atoms with Crippen LogP contribution in [-0.4, -0.2) is 51.5 Å². The van der Waals surface area contributed by atoms with Gasteiger partial charge < -0.3 is 4.74 Å². The number of carbonyl (C=O) groups excluding carboxylic acids is 1. The lowest BCUT2D eigenvalue weighted by atomic mass is 9.61. The Hall–Kier alpha value is -2.07. The third-order valence-corrected chi connectivity index (χ3v) is 12.4. The minimum absolute atomic E-state index is 0.180. The Morgan fingerprint density at radius 3 is 2.37 bits per heavy atom. The summed E-state index contributed by atoms with van der Waals surface area (Å²) in [5.41, 5.74) is 2.82. The van der Waals surface area contributed by atoms with E-state index in [4.69, 9.17) is 9.73 Å². The second-order valence-electron chi connectivity index (χ2n) is 12.1. The van der Waals surface area contributed by atoms with Gasteiger partial charge in [-0.05, 0) is 67.6 Å². The SMILES string of the molecule is CC.COC1CCC2(CC1)Cc1ccc(CCC3CC3)cc1C21N=C(SCCc2nccs2)N(CCc2nccs2)C1=O. The zero-order valence-electron chi connectivity index (χ0n) is 25.7. The number of thiazole rings is 2. The molecule has 43 heavy (non-hydrogen) atoms. The summed E-state index contributed by atoms with van der Waals surface area (Å²) in [6, 6.07) is 7.02. The lowest BCUT2D eigenvalue weighted by molar-refractivity contribution is -0.138. The van der Waals surface area contributed by atoms with Crippen molar-refractivity contribution in [1.82, 2.24) is 14.9 Å². The fraction of sp³-hybridized carbons (Fsp3) is 0.588. The number of ether oxygens (including phenoxy) is 1. The molecule has 1 atom stereocenters. The molecule has 4 aliphatic rings. The molecule has 0 N–H and O–H groups in total. The van der Waals surface area contributed by atoms with E-state index in [1.807, 2.05) is 49.0 Å². The predicted octanol–water partition coefficient (Wildman–Crippen LogP) is 7.71. The highest BCUT2D eigenvalue weighted by Crippen LogP contribution is 2.62. The summed E-state index contributed by atoms with van der Waals surface area (Å²) in [4.78, 5) is 31.6. The van der Waals surface area contributed by atoms with Gasteiger partial charge in [-0.25, -0.2) is 15.0 Å². The van der Waals surface area contributed by atoms with Gasteiger partial charge in [0.25, 0.3) is 5.91 Å². The molecule has 2 fully saturated rings. The van der Waals surface area contributed by atoms with Gasteiger partial charge in [0.15, 0.2) is 10.7 Å². The molecule has 1 unspecified atom stereocenters. The van der Waals surface area contributed by atoms with Gasteiger partial charge in [-0.3, -0.25) is 9.69 Å². The number of fused-ring (bicyclic) bond motifs is 3. The number of rotatable bonds is 10. The van der Waals surface area contributed by atoms with E-state index in [9.17, 15) is 0 Å². The van der Waals surface area contributed by atoms with E-state index >= 15 is 4.79 Å². The molecule has 1 amide bonds. The quantitative estimate of drug-likeness (QED) is 0.228. The van der Waals surface area contributed by atoms with Crippen LogP contribution in [0.4, 0.5) is 0 Å². The van der Waals surface area contributed by atoms with Crippen molar-refractivity contribution in [3.8, 4) is 0 Å². The summed E-state index contributed by atoms with van der Waals surface area (Å²) in [6.07, 6.45) is 15.5. The number of nitrogens with zero attached hydrogens (tertiary/aromatic N) is 4. The third-order valence-electron chi connectivity index (χ3n) is 9.73. The largest absolute Gasteiger partial charge is 0.381 e. The van der Waals surface area contributed by atoms with Crippen LogP contribution < -0.4 is 0 Å². The number of aliphatic imine (C=N–C) groups is 1. The minimum atomic E-state index is -0.844. The van der Waals surface area contributed by atoms with Crippen LogP contribution in [0.1, 0.15) is 85.5 Å². The maximum atomic E-state index is 15.0. The van der Waals surface area contributed by atoms with Crippen molar-refractivity contribution >= 4 is 45.5 Å². The highest BCUT2D eigenvalue weighted by Gasteiger charge is 2.66. The molecule has 3 aromatic rings. The molecule has 0 radical (unpaired) electrons. The van der Waals surface area contributed by atoms with Crippen molar-refractivity contribution in [2.24, 2.45) is 16.3 Å². The molecule has 6 nitrogen and oxygen atoms in total. The molecule has 7 rings (SSSR count). The summed E-state index contributed by atoms with van der Waals surface area (Å²) < 4.78 is 5.79. The summed E-state index contributed by atoms with van der Waals surface area (Å²) in [7, 11) is 1.82. The molecule has 3 aliphatic carbocycles. The number of thioether (sulfide) groups is 1. The maximum absolute atomic E-state index is 15.0. The average molecular weight is 637 g/mol. The second-order valence-corrected chi connectivity index (χ2v) is 15.1. The molecule has 2 spiro atoms. The number of aryl methyl sites for hydroxylation is 2. The van der Waals surface area contributed by atoms with Gasteiger partial charge in [-0.1, -0.05) is 56.7 Å². The fourth-order valence-corrected chi connectivity index (χ4v) is 9.66. The van der Waals surface area contributed by atoms with Crippen molar-refractivity contribution in [1.29, 1.82) is 0 Å². The Morgan fingerprint density at radius 1 is 1.00 bits per heavy atom. The van der Waals surface area contributed by atoms with E-state index in [0.29, 0.717) is 6.54 Å². The number of hydrogen-bond acceptors (Lipinski definition) is 8. The van der Waals surface area contributed by atoms with E-state index in [1.165, 1.54) is 36.0 Å². The molecule has 2 aromatic heterocycles. The highest BCUT2D eigenvalue weighted by atomic mass is 32.2. The smallest absolute Gasteiger partial charge is 0.261 e. The van der Waals surface area contributed by atoms with Crippen molar-refractivity contribution in [2.45, 2.75) is 96.1 Å². The molecule has 9 heteroatoms. The number of hydrogen-bond donors (Lipinski definition) is 0. The predicted molar refractivity (Wildman–Crippen MR) is 179 cm³/mol. The number of amidine groups is 1. The third kappa shape index (κ3) is 6.11. The Morgan fingerprint density at radius 2 is 1.72 bits per heavy atom. The molecule has 2 saturated carbocycles. The van der Waals surface area contributed by atoms with Crippen molar-refractivity contribution in [3.05, 3.63) is 68.1 Å². The van der Waals surface area contributed by atoms with Crippen LogP contribution >= 0.6 is 34.4 Å². The number of carbonyl (C=O) groups is 1. The van der Waals surface area contributed by atoms with Gasteiger partial charge in [-0.15, -0.1) is 22.7 Å². The van der Waals surface area contributed by atoms with Crippen LogP contribution in [0.3, 0.4) is 0 Å².